The van der Waals surface area contributed by atoms with Crippen molar-refractivity contribution in [2.24, 2.45) is 0 Å². The number of rotatable bonds is 100. The summed E-state index contributed by atoms with van der Waals surface area (Å²) in [5, 5.41) is 178. The molecule has 26 nitrogen and oxygen atoms in total. The minimum Gasteiger partial charge on any atom is -0.481 e. The van der Waals surface area contributed by atoms with E-state index in [-0.39, 0.29) is 79.3 Å². The van der Waals surface area contributed by atoms with Crippen LogP contribution < -0.4 is 0 Å². The van der Waals surface area contributed by atoms with Crippen LogP contribution in [-0.4, -0.2) is 252 Å². The molecule has 0 rings (SSSR count). The highest BCUT2D eigenvalue weighted by atomic mass is 16.4. The number of carbonyl (C=O) groups is 4. The quantitative estimate of drug-likeness (QED) is 0.0251. The molecule has 852 valence electrons. The van der Waals surface area contributed by atoms with Crippen LogP contribution in [0.1, 0.15) is 593 Å². The number of unbranched alkanes of at least 4 members (excludes halogenated alkanes) is 80. The summed E-state index contributed by atoms with van der Waals surface area (Å²) in [6.07, 6.45) is 111. The molecule has 0 bridgehead atoms. The van der Waals surface area contributed by atoms with Crippen LogP contribution in [0.3, 0.4) is 0 Å². The summed E-state index contributed by atoms with van der Waals surface area (Å²) >= 11 is 0. The smallest absolute Gasteiger partial charge is 0.303 e. The van der Waals surface area contributed by atoms with Gasteiger partial charge in [0.05, 0.1) is 79.3 Å². The molecule has 0 fully saturated rings. The number of carboxylic acid groups (broad SMARTS) is 4. The van der Waals surface area contributed by atoms with Gasteiger partial charge in [0.2, 0.25) is 0 Å². The van der Waals surface area contributed by atoms with Crippen molar-refractivity contribution in [3.8, 4) is 0 Å². The zero-order chi connectivity index (χ0) is 106. The van der Waals surface area contributed by atoms with Crippen molar-refractivity contribution in [3.05, 3.63) is 0 Å². The summed E-state index contributed by atoms with van der Waals surface area (Å²) in [6, 6.07) is 0. The maximum absolute atomic E-state index is 10.4. The number of aliphatic hydroxyl groups is 18. The molecule has 0 heterocycles. The van der Waals surface area contributed by atoms with E-state index in [0.29, 0.717) is 25.7 Å². The summed E-state index contributed by atoms with van der Waals surface area (Å²) in [6.45, 7) is 4.77. The van der Waals surface area contributed by atoms with Gasteiger partial charge in [0.1, 0.15) is 36.6 Å². The number of aliphatic hydroxyl groups excluding tert-OH is 18. The third kappa shape index (κ3) is 190. The highest BCUT2D eigenvalue weighted by Gasteiger charge is 2.07. The number of hydrogen-bond acceptors (Lipinski definition) is 22. The zero-order valence-electron chi connectivity index (χ0n) is 91.6. The van der Waals surface area contributed by atoms with Crippen LogP contribution in [0, 0.1) is 0 Å². The summed E-state index contributed by atoms with van der Waals surface area (Å²) < 4.78 is 0. The van der Waals surface area contributed by atoms with Crippen LogP contribution in [0.5, 0.6) is 0 Å². The van der Waals surface area contributed by atoms with Crippen LogP contribution in [0.15, 0.2) is 0 Å². The van der Waals surface area contributed by atoms with Gasteiger partial charge in [-0.2, -0.15) is 0 Å². The molecule has 0 radical (unpaired) electrons. The van der Waals surface area contributed by atoms with Gasteiger partial charge in [-0.25, -0.2) is 0 Å². The summed E-state index contributed by atoms with van der Waals surface area (Å²) in [4.78, 5) is 41.6. The van der Waals surface area contributed by atoms with E-state index in [2.05, 4.69) is 27.7 Å². The Morgan fingerprint density at radius 3 is 0.221 bits per heavy atom. The average molecular weight is 2030 g/mol. The lowest BCUT2D eigenvalue weighted by molar-refractivity contribution is -0.138. The van der Waals surface area contributed by atoms with Crippen molar-refractivity contribution in [2.45, 2.75) is 629 Å². The Bertz CT molecular complexity index is 1790. The van der Waals surface area contributed by atoms with Crippen LogP contribution in [0.4, 0.5) is 0 Å². The second kappa shape index (κ2) is 154. The highest BCUT2D eigenvalue weighted by molar-refractivity contribution is 5.67. The molecule has 0 saturated heterocycles. The van der Waals surface area contributed by atoms with Crippen molar-refractivity contribution in [3.63, 3.8) is 0 Å². The Kier molecular flexibility index (Phi) is 173. The third-order valence-electron chi connectivity index (χ3n) is 24.5. The maximum atomic E-state index is 10.4. The molecule has 22 N–H and O–H groups in total. The van der Waals surface area contributed by atoms with Gasteiger partial charge in [-0.15, -0.1) is 0 Å². The molecule has 0 atom stereocenters. The van der Waals surface area contributed by atoms with E-state index >= 15 is 0 Å². The summed E-state index contributed by atoms with van der Waals surface area (Å²) in [7, 11) is 0. The lowest BCUT2D eigenvalue weighted by atomic mass is 10.0. The van der Waals surface area contributed by atoms with Crippen molar-refractivity contribution in [1.82, 2.24) is 0 Å². The predicted molar refractivity (Wildman–Crippen MR) is 581 cm³/mol. The van der Waals surface area contributed by atoms with Gasteiger partial charge in [0.15, 0.2) is 0 Å². The molecule has 0 aromatic heterocycles. The van der Waals surface area contributed by atoms with Gasteiger partial charge in [0.25, 0.3) is 0 Å². The third-order valence-corrected chi connectivity index (χ3v) is 24.5. The van der Waals surface area contributed by atoms with Crippen molar-refractivity contribution in [1.29, 1.82) is 0 Å². The molecule has 0 amide bonds. The van der Waals surface area contributed by atoms with Crippen molar-refractivity contribution >= 4 is 23.9 Å². The molecule has 140 heavy (non-hydrogen) atoms. The first-order valence-electron chi connectivity index (χ1n) is 58.2. The fourth-order valence-electron chi connectivity index (χ4n) is 15.2. The van der Waals surface area contributed by atoms with Gasteiger partial charge >= 0.3 is 23.9 Å². The Morgan fingerprint density at radius 2 is 0.179 bits per heavy atom. The fourth-order valence-corrected chi connectivity index (χ4v) is 15.2. The topological polar surface area (TPSA) is 513 Å². The Hall–Kier alpha value is -2.84. The monoisotopic (exact) mass is 2030 g/mol. The van der Waals surface area contributed by atoms with E-state index in [1.165, 1.54) is 488 Å². The molecule has 0 unspecified atom stereocenters. The minimum atomic E-state index is -0.954. The van der Waals surface area contributed by atoms with E-state index in [1.54, 1.807) is 0 Å². The molecule has 0 aliphatic rings. The van der Waals surface area contributed by atoms with Crippen LogP contribution in [0.25, 0.3) is 0 Å². The van der Waals surface area contributed by atoms with E-state index < -0.39 is 60.5 Å². The molecule has 0 aliphatic carbocycles. The van der Waals surface area contributed by atoms with E-state index in [0.717, 1.165) is 51.4 Å². The zero-order valence-corrected chi connectivity index (χ0v) is 91.6. The average Bonchev–Trinajstić information content (AvgIpc) is 1.09. The van der Waals surface area contributed by atoms with Gasteiger partial charge < -0.3 is 112 Å². The molecule has 0 aromatic carbocycles. The highest BCUT2D eigenvalue weighted by Crippen LogP contribution is 2.22. The predicted octanol–water partition coefficient (Wildman–Crippen LogP) is 24.7. The van der Waals surface area contributed by atoms with Gasteiger partial charge in [-0.05, 0) is 25.7 Å². The largest absolute Gasteiger partial charge is 0.481 e. The van der Waals surface area contributed by atoms with Gasteiger partial charge in [0, 0.05) is 25.7 Å². The first-order chi connectivity index (χ1) is 67.9. The number of hydrogen-bond donors (Lipinski definition) is 22. The Morgan fingerprint density at radius 1 is 0.121 bits per heavy atom. The van der Waals surface area contributed by atoms with Crippen LogP contribution >= 0.6 is 0 Å². The summed E-state index contributed by atoms with van der Waals surface area (Å²) in [5.74, 6) is -2.60. The normalized spacial score (nSPS) is 10.8. The van der Waals surface area contributed by atoms with Crippen molar-refractivity contribution in [2.75, 3.05) is 79.3 Å². The van der Waals surface area contributed by atoms with Gasteiger partial charge in [-0.3, -0.25) is 19.2 Å². The molecule has 0 spiro atoms. The van der Waals surface area contributed by atoms with Gasteiger partial charge in [-0.1, -0.05) is 541 Å². The maximum Gasteiger partial charge on any atom is 0.303 e. The SMILES string of the molecule is CCCCCCCCCCCCCCCCCCCCCCCC(=O)O.CCCCCCCCCCCCCCCCCCCCCCCC(=O)O.CCCCCCCCCCCCCCCCCCCCCCCC(=O)O.CCCCCCCCCCCCCCCCCCCCCCCC(=O)O.OCC(O)CO.OCC(O)CO.OCC(O)CO.OCC(O)CO.OCC(O)CO.OCC(O)CO. The first-order valence-corrected chi connectivity index (χ1v) is 58.2. The van der Waals surface area contributed by atoms with Crippen molar-refractivity contribution < 1.29 is 132 Å². The lowest BCUT2D eigenvalue weighted by Crippen LogP contribution is -2.15. The standard InChI is InChI=1S/4C24H48O2.6C3H8O3/c4*1-2-3-4-5-6-7-8-9-10-11-12-13-14-15-16-17-18-19-20-21-22-23-24(25)26;6*4-1-3(6)2-5/h4*2-23H2,1H3,(H,25,26);6*3-6H,1-2H2. The van der Waals surface area contributed by atoms with E-state index in [9.17, 15) is 19.2 Å². The first kappa shape index (κ1) is 157. The Labute approximate surface area is 859 Å². The number of aliphatic carboxylic acids is 4. The van der Waals surface area contributed by atoms with E-state index in [4.69, 9.17) is 112 Å². The minimum absolute atomic E-state index is 0.346. The molecule has 26 heteroatoms. The second-order valence-electron chi connectivity index (χ2n) is 39.0. The molecule has 0 saturated carbocycles. The number of carboxylic acids is 4. The summed E-state index contributed by atoms with van der Waals surface area (Å²) in [5.41, 5.74) is 0. The second-order valence-corrected chi connectivity index (χ2v) is 39.0. The fraction of sp³-hybridized carbons (Fsp3) is 0.965. The van der Waals surface area contributed by atoms with Crippen LogP contribution in [0.2, 0.25) is 0 Å². The molecule has 0 aliphatic heterocycles. The Balaban J connectivity index is -0.000000179. The molecular weight excluding hydrogens is 1790 g/mol. The molecule has 0 aromatic rings. The lowest BCUT2D eigenvalue weighted by Gasteiger charge is -2.04. The van der Waals surface area contributed by atoms with Crippen LogP contribution in [-0.2, 0) is 19.2 Å². The molecular formula is C114H240O26. The van der Waals surface area contributed by atoms with E-state index in [1.807, 2.05) is 0 Å².